The van der Waals surface area contributed by atoms with Crippen molar-refractivity contribution in [2.24, 2.45) is 0 Å². The lowest BCUT2D eigenvalue weighted by Gasteiger charge is -2.25. The molecule has 5 aromatic rings. The van der Waals surface area contributed by atoms with E-state index in [9.17, 15) is 9.59 Å². The van der Waals surface area contributed by atoms with E-state index in [0.29, 0.717) is 11.1 Å². The number of aryl methyl sites for hydroxylation is 1. The zero-order valence-electron chi connectivity index (χ0n) is 20.3. The van der Waals surface area contributed by atoms with Crippen LogP contribution in [0.3, 0.4) is 0 Å². The smallest absolute Gasteiger partial charge is 0.150 e. The summed E-state index contributed by atoms with van der Waals surface area (Å²) in [5, 5.41) is 2.35. The molecule has 0 bridgehead atoms. The van der Waals surface area contributed by atoms with Gasteiger partial charge < -0.3 is 9.47 Å². The normalized spacial score (nSPS) is 11.1. The summed E-state index contributed by atoms with van der Waals surface area (Å²) < 4.78 is 2.39. The highest BCUT2D eigenvalue weighted by Crippen LogP contribution is 2.30. The van der Waals surface area contributed by atoms with Crippen LogP contribution < -0.4 is 4.90 Å². The quantitative estimate of drug-likeness (QED) is 0.145. The van der Waals surface area contributed by atoms with Gasteiger partial charge in [0.05, 0.1) is 0 Å². The van der Waals surface area contributed by atoms with Crippen molar-refractivity contribution in [1.29, 1.82) is 0 Å². The van der Waals surface area contributed by atoms with Crippen LogP contribution in [0.25, 0.3) is 21.8 Å². The standard InChI is InChI=1S/C32H30N2O2/c35-23-25-14-17-28(18-15-25)33(27-10-4-3-5-11-27)20-8-1-2-9-21-34-31-13-7-6-12-29(31)30-22-26(24-36)16-19-32(30)34/h3-7,10-19,22-24H,1-2,8-9,20-21H2. The SMILES string of the molecule is O=Cc1ccc(N(CCCCCCn2c3ccccc3c3cc(C=O)ccc32)c2ccccc2)cc1. The summed E-state index contributed by atoms with van der Waals surface area (Å²) in [5.41, 5.74) is 6.09. The van der Waals surface area contributed by atoms with Crippen LogP contribution in [-0.2, 0) is 6.54 Å². The molecule has 180 valence electrons. The highest BCUT2D eigenvalue weighted by Gasteiger charge is 2.11. The predicted molar refractivity (Wildman–Crippen MR) is 149 cm³/mol. The number of anilines is 2. The second-order valence-electron chi connectivity index (χ2n) is 9.17. The third kappa shape index (κ3) is 4.94. The van der Waals surface area contributed by atoms with Crippen LogP contribution in [0.2, 0.25) is 0 Å². The number of hydrogen-bond donors (Lipinski definition) is 0. The van der Waals surface area contributed by atoms with E-state index in [4.69, 9.17) is 0 Å². The Balaban J connectivity index is 1.23. The number of carbonyl (C=O) groups excluding carboxylic acids is 2. The fraction of sp³-hybridized carbons (Fsp3) is 0.188. The van der Waals surface area contributed by atoms with Gasteiger partial charge >= 0.3 is 0 Å². The average molecular weight is 475 g/mol. The fourth-order valence-corrected chi connectivity index (χ4v) is 5.03. The van der Waals surface area contributed by atoms with Crippen molar-refractivity contribution in [2.75, 3.05) is 11.4 Å². The van der Waals surface area contributed by atoms with Gasteiger partial charge in [-0.25, -0.2) is 0 Å². The minimum atomic E-state index is 0.694. The molecule has 0 unspecified atom stereocenters. The summed E-state index contributed by atoms with van der Waals surface area (Å²) in [6, 6.07) is 32.7. The van der Waals surface area contributed by atoms with Gasteiger partial charge in [0.25, 0.3) is 0 Å². The maximum atomic E-state index is 11.3. The zero-order valence-corrected chi connectivity index (χ0v) is 20.3. The number of aromatic nitrogens is 1. The van der Waals surface area contributed by atoms with Crippen molar-refractivity contribution in [3.8, 4) is 0 Å². The molecule has 0 radical (unpaired) electrons. The molecule has 0 amide bonds. The van der Waals surface area contributed by atoms with E-state index in [0.717, 1.165) is 68.1 Å². The van der Waals surface area contributed by atoms with Gasteiger partial charge in [-0.2, -0.15) is 0 Å². The molecule has 0 aliphatic heterocycles. The second-order valence-corrected chi connectivity index (χ2v) is 9.17. The van der Waals surface area contributed by atoms with Gasteiger partial charge in [0.2, 0.25) is 0 Å². The number of rotatable bonds is 11. The largest absolute Gasteiger partial charge is 0.341 e. The van der Waals surface area contributed by atoms with Gasteiger partial charge in [-0.3, -0.25) is 9.59 Å². The lowest BCUT2D eigenvalue weighted by molar-refractivity contribution is 0.111. The molecule has 0 fully saturated rings. The Labute approximate surface area is 211 Å². The van der Waals surface area contributed by atoms with E-state index < -0.39 is 0 Å². The molecule has 4 aromatic carbocycles. The van der Waals surface area contributed by atoms with Crippen LogP contribution in [0.4, 0.5) is 11.4 Å². The van der Waals surface area contributed by atoms with Gasteiger partial charge in [0.15, 0.2) is 0 Å². The van der Waals surface area contributed by atoms with Crippen LogP contribution in [0.1, 0.15) is 46.4 Å². The minimum absolute atomic E-state index is 0.694. The number of nitrogens with zero attached hydrogens (tertiary/aromatic N) is 2. The fourth-order valence-electron chi connectivity index (χ4n) is 5.03. The van der Waals surface area contributed by atoms with Gasteiger partial charge in [0, 0.05) is 57.4 Å². The van der Waals surface area contributed by atoms with Crippen LogP contribution in [0.15, 0.2) is 97.1 Å². The van der Waals surface area contributed by atoms with E-state index >= 15 is 0 Å². The van der Waals surface area contributed by atoms with Crippen molar-refractivity contribution in [1.82, 2.24) is 4.57 Å². The van der Waals surface area contributed by atoms with E-state index in [-0.39, 0.29) is 0 Å². The summed E-state index contributed by atoms with van der Waals surface area (Å²) in [6.45, 7) is 1.88. The Morgan fingerprint density at radius 2 is 1.22 bits per heavy atom. The molecule has 1 aromatic heterocycles. The summed E-state index contributed by atoms with van der Waals surface area (Å²) in [4.78, 5) is 24.7. The maximum Gasteiger partial charge on any atom is 0.150 e. The van der Waals surface area contributed by atoms with Crippen LogP contribution in [-0.4, -0.2) is 23.7 Å². The number of benzene rings is 4. The Morgan fingerprint density at radius 1 is 0.583 bits per heavy atom. The van der Waals surface area contributed by atoms with Crippen molar-refractivity contribution in [3.05, 3.63) is 108 Å². The monoisotopic (exact) mass is 474 g/mol. The Morgan fingerprint density at radius 3 is 2.00 bits per heavy atom. The molecule has 4 heteroatoms. The lowest BCUT2D eigenvalue weighted by Crippen LogP contribution is -2.18. The highest BCUT2D eigenvalue weighted by molar-refractivity contribution is 6.09. The van der Waals surface area contributed by atoms with Crippen molar-refractivity contribution in [2.45, 2.75) is 32.2 Å². The van der Waals surface area contributed by atoms with Crippen molar-refractivity contribution >= 4 is 45.8 Å². The minimum Gasteiger partial charge on any atom is -0.341 e. The summed E-state index contributed by atoms with van der Waals surface area (Å²) in [7, 11) is 0. The van der Waals surface area contributed by atoms with Crippen LogP contribution in [0, 0.1) is 0 Å². The number of fused-ring (bicyclic) bond motifs is 3. The molecule has 0 spiro atoms. The molecule has 4 nitrogen and oxygen atoms in total. The summed E-state index contributed by atoms with van der Waals surface area (Å²) in [6.07, 6.45) is 6.27. The third-order valence-electron chi connectivity index (χ3n) is 6.85. The number of carbonyl (C=O) groups is 2. The number of hydrogen-bond acceptors (Lipinski definition) is 3. The zero-order chi connectivity index (χ0) is 24.7. The van der Waals surface area contributed by atoms with Gasteiger partial charge in [0.1, 0.15) is 12.6 Å². The molecule has 0 saturated heterocycles. The van der Waals surface area contributed by atoms with E-state index in [1.807, 2.05) is 42.5 Å². The highest BCUT2D eigenvalue weighted by atomic mass is 16.1. The number of para-hydroxylation sites is 2. The molecular weight excluding hydrogens is 444 g/mol. The van der Waals surface area contributed by atoms with Crippen molar-refractivity contribution in [3.63, 3.8) is 0 Å². The molecule has 0 saturated carbocycles. The molecule has 0 aliphatic rings. The lowest BCUT2D eigenvalue weighted by atomic mass is 10.1. The van der Waals surface area contributed by atoms with E-state index in [1.165, 1.54) is 16.4 Å². The van der Waals surface area contributed by atoms with E-state index in [2.05, 4.69) is 64.1 Å². The maximum absolute atomic E-state index is 11.3. The molecule has 0 aliphatic carbocycles. The summed E-state index contributed by atoms with van der Waals surface area (Å²) >= 11 is 0. The Kier molecular flexibility index (Phi) is 7.23. The first-order valence-electron chi connectivity index (χ1n) is 12.6. The third-order valence-corrected chi connectivity index (χ3v) is 6.85. The van der Waals surface area contributed by atoms with Gasteiger partial charge in [-0.05, 0) is 73.5 Å². The molecule has 36 heavy (non-hydrogen) atoms. The first kappa shape index (κ1) is 23.6. The van der Waals surface area contributed by atoms with Gasteiger partial charge in [-0.15, -0.1) is 0 Å². The second kappa shape index (κ2) is 11.0. The average Bonchev–Trinajstić information content (AvgIpc) is 3.26. The van der Waals surface area contributed by atoms with Gasteiger partial charge in [-0.1, -0.05) is 49.2 Å². The molecule has 0 atom stereocenters. The van der Waals surface area contributed by atoms with Crippen molar-refractivity contribution < 1.29 is 9.59 Å². The Hall–Kier alpha value is -4.18. The first-order valence-corrected chi connectivity index (χ1v) is 12.6. The Bertz CT molecular complexity index is 1470. The molecule has 1 heterocycles. The van der Waals surface area contributed by atoms with Crippen LogP contribution in [0.5, 0.6) is 0 Å². The first-order chi connectivity index (χ1) is 17.8. The summed E-state index contributed by atoms with van der Waals surface area (Å²) in [5.74, 6) is 0. The topological polar surface area (TPSA) is 42.3 Å². The molecule has 0 N–H and O–H groups in total. The number of aldehydes is 2. The predicted octanol–water partition coefficient (Wildman–Crippen LogP) is 7.82. The molecule has 5 rings (SSSR count). The molecular formula is C32H30N2O2. The number of unbranched alkanes of at least 4 members (excludes halogenated alkanes) is 3. The van der Waals surface area contributed by atoms with Crippen LogP contribution >= 0.6 is 0 Å². The van der Waals surface area contributed by atoms with E-state index in [1.54, 1.807) is 0 Å².